The predicted octanol–water partition coefficient (Wildman–Crippen LogP) is 3.99. The lowest BCUT2D eigenvalue weighted by atomic mass is 10.1. The Hall–Kier alpha value is -2.35. The number of fused-ring (bicyclic) bond motifs is 1. The summed E-state index contributed by atoms with van der Waals surface area (Å²) >= 11 is 7.25. The zero-order valence-electron chi connectivity index (χ0n) is 16.3. The molecule has 0 saturated heterocycles. The van der Waals surface area contributed by atoms with Gasteiger partial charge in [0.25, 0.3) is 5.56 Å². The molecule has 3 aromatic rings. The second-order valence-corrected chi connectivity index (χ2v) is 7.77. The average Bonchev–Trinajstić information content (AvgIpc) is 2.72. The third-order valence-electron chi connectivity index (χ3n) is 4.38. The summed E-state index contributed by atoms with van der Waals surface area (Å²) in [6.45, 7) is 2.80. The minimum absolute atomic E-state index is 0.126. The molecular weight excluding hydrogens is 410 g/mol. The van der Waals surface area contributed by atoms with Crippen molar-refractivity contribution in [3.8, 4) is 0 Å². The van der Waals surface area contributed by atoms with Crippen molar-refractivity contribution >= 4 is 45.9 Å². The van der Waals surface area contributed by atoms with Crippen molar-refractivity contribution in [1.82, 2.24) is 9.55 Å². The number of carbonyl (C=O) groups excluding carboxylic acids is 1. The van der Waals surface area contributed by atoms with Gasteiger partial charge in [-0.1, -0.05) is 42.4 Å². The zero-order valence-corrected chi connectivity index (χ0v) is 17.8. The van der Waals surface area contributed by atoms with E-state index in [0.29, 0.717) is 34.2 Å². The number of aryl methyl sites for hydroxylation is 1. The number of hydrogen-bond acceptors (Lipinski definition) is 5. The lowest BCUT2D eigenvalue weighted by Gasteiger charge is -2.13. The number of methoxy groups -OCH3 is 1. The van der Waals surface area contributed by atoms with E-state index in [-0.39, 0.29) is 17.2 Å². The molecule has 2 aromatic carbocycles. The van der Waals surface area contributed by atoms with Gasteiger partial charge in [-0.2, -0.15) is 0 Å². The summed E-state index contributed by atoms with van der Waals surface area (Å²) in [7, 11) is 1.57. The number of hydrogen-bond donors (Lipinski definition) is 1. The van der Waals surface area contributed by atoms with Gasteiger partial charge in [0.2, 0.25) is 5.91 Å². The molecule has 0 aliphatic carbocycles. The molecule has 0 aliphatic heterocycles. The zero-order chi connectivity index (χ0) is 20.8. The molecule has 1 N–H and O–H groups in total. The van der Waals surface area contributed by atoms with Gasteiger partial charge < -0.3 is 10.1 Å². The van der Waals surface area contributed by atoms with Gasteiger partial charge in [-0.15, -0.1) is 0 Å². The van der Waals surface area contributed by atoms with Crippen LogP contribution in [0.2, 0.25) is 5.02 Å². The smallest absolute Gasteiger partial charge is 0.262 e. The molecule has 0 bridgehead atoms. The number of halogens is 1. The van der Waals surface area contributed by atoms with Crippen LogP contribution in [-0.2, 0) is 22.5 Å². The molecule has 152 valence electrons. The predicted molar refractivity (Wildman–Crippen MR) is 118 cm³/mol. The number of anilines is 1. The van der Waals surface area contributed by atoms with E-state index in [1.807, 2.05) is 24.3 Å². The van der Waals surface area contributed by atoms with E-state index in [9.17, 15) is 9.59 Å². The fraction of sp³-hybridized carbons (Fsp3) is 0.286. The summed E-state index contributed by atoms with van der Waals surface area (Å²) in [6.07, 6.45) is 0.945. The quantitative estimate of drug-likeness (QED) is 0.431. The molecule has 0 saturated carbocycles. The number of benzene rings is 2. The Morgan fingerprint density at radius 2 is 2.00 bits per heavy atom. The van der Waals surface area contributed by atoms with Gasteiger partial charge in [0, 0.05) is 17.8 Å². The maximum atomic E-state index is 12.9. The molecule has 8 heteroatoms. The lowest BCUT2D eigenvalue weighted by molar-refractivity contribution is -0.113. The molecule has 6 nitrogen and oxygen atoms in total. The Balaban J connectivity index is 1.79. The molecule has 0 fully saturated rings. The van der Waals surface area contributed by atoms with Crippen LogP contribution in [0.1, 0.15) is 12.5 Å². The van der Waals surface area contributed by atoms with E-state index >= 15 is 0 Å². The monoisotopic (exact) mass is 431 g/mol. The SMILES string of the molecule is CCc1ccc(NC(=O)CSc2nc3cc(Cl)ccc3c(=O)n2CCOC)cc1. The van der Waals surface area contributed by atoms with Gasteiger partial charge in [-0.05, 0) is 42.3 Å². The number of amides is 1. The van der Waals surface area contributed by atoms with Gasteiger partial charge in [-0.25, -0.2) is 4.98 Å². The van der Waals surface area contributed by atoms with Gasteiger partial charge in [0.15, 0.2) is 5.16 Å². The summed E-state index contributed by atoms with van der Waals surface area (Å²) in [5.41, 5.74) is 2.28. The first kappa shape index (κ1) is 21.4. The Morgan fingerprint density at radius 3 is 2.69 bits per heavy atom. The lowest BCUT2D eigenvalue weighted by Crippen LogP contribution is -2.26. The topological polar surface area (TPSA) is 73.2 Å². The van der Waals surface area contributed by atoms with Crippen LogP contribution in [0.5, 0.6) is 0 Å². The summed E-state index contributed by atoms with van der Waals surface area (Å²) < 4.78 is 6.65. The second kappa shape index (κ2) is 9.91. The maximum absolute atomic E-state index is 12.9. The van der Waals surface area contributed by atoms with Crippen LogP contribution in [-0.4, -0.2) is 34.9 Å². The van der Waals surface area contributed by atoms with Crippen LogP contribution >= 0.6 is 23.4 Å². The number of thioether (sulfide) groups is 1. The van der Waals surface area contributed by atoms with Crippen molar-refractivity contribution in [3.05, 3.63) is 63.4 Å². The molecule has 0 radical (unpaired) electrons. The molecular formula is C21H22ClN3O3S. The maximum Gasteiger partial charge on any atom is 0.262 e. The second-order valence-electron chi connectivity index (χ2n) is 6.39. The van der Waals surface area contributed by atoms with E-state index in [4.69, 9.17) is 16.3 Å². The van der Waals surface area contributed by atoms with E-state index in [0.717, 1.165) is 12.1 Å². The Bertz CT molecular complexity index is 1070. The van der Waals surface area contributed by atoms with Crippen molar-refractivity contribution < 1.29 is 9.53 Å². The highest BCUT2D eigenvalue weighted by molar-refractivity contribution is 7.99. The van der Waals surface area contributed by atoms with Crippen molar-refractivity contribution in [2.24, 2.45) is 0 Å². The van der Waals surface area contributed by atoms with Crippen LogP contribution in [0, 0.1) is 0 Å². The number of aromatic nitrogens is 2. The summed E-state index contributed by atoms with van der Waals surface area (Å²) in [5.74, 6) is -0.0425. The standard InChI is InChI=1S/C21H22ClN3O3S/c1-3-14-4-7-16(8-5-14)23-19(26)13-29-21-24-18-12-15(22)6-9-17(18)20(27)25(21)10-11-28-2/h4-9,12H,3,10-11,13H2,1-2H3,(H,23,26). The van der Waals surface area contributed by atoms with Crippen molar-refractivity contribution in [2.45, 2.75) is 25.0 Å². The van der Waals surface area contributed by atoms with E-state index in [1.54, 1.807) is 25.3 Å². The van der Waals surface area contributed by atoms with Crippen molar-refractivity contribution in [2.75, 3.05) is 24.8 Å². The Kier molecular flexibility index (Phi) is 7.30. The first-order valence-corrected chi connectivity index (χ1v) is 10.6. The molecule has 0 spiro atoms. The van der Waals surface area contributed by atoms with Gasteiger partial charge >= 0.3 is 0 Å². The third-order valence-corrected chi connectivity index (χ3v) is 5.59. The molecule has 0 aliphatic rings. The number of rotatable bonds is 8. The van der Waals surface area contributed by atoms with E-state index in [1.165, 1.54) is 21.9 Å². The van der Waals surface area contributed by atoms with E-state index in [2.05, 4.69) is 17.2 Å². The van der Waals surface area contributed by atoms with Crippen LogP contribution < -0.4 is 10.9 Å². The number of ether oxygens (including phenoxy) is 1. The minimum atomic E-state index is -0.179. The highest BCUT2D eigenvalue weighted by Crippen LogP contribution is 2.21. The first-order valence-electron chi connectivity index (χ1n) is 9.22. The van der Waals surface area contributed by atoms with Crippen LogP contribution in [0.25, 0.3) is 10.9 Å². The van der Waals surface area contributed by atoms with Crippen molar-refractivity contribution in [1.29, 1.82) is 0 Å². The number of nitrogens with one attached hydrogen (secondary N) is 1. The molecule has 1 amide bonds. The van der Waals surface area contributed by atoms with Gasteiger partial charge in [0.05, 0.1) is 29.8 Å². The fourth-order valence-electron chi connectivity index (χ4n) is 2.81. The van der Waals surface area contributed by atoms with Gasteiger partial charge in [-0.3, -0.25) is 14.2 Å². The summed E-state index contributed by atoms with van der Waals surface area (Å²) in [4.78, 5) is 29.8. The van der Waals surface area contributed by atoms with Gasteiger partial charge in [0.1, 0.15) is 0 Å². The third kappa shape index (κ3) is 5.38. The molecule has 3 rings (SSSR count). The Morgan fingerprint density at radius 1 is 1.24 bits per heavy atom. The summed E-state index contributed by atoms with van der Waals surface area (Å²) in [5, 5.41) is 4.31. The van der Waals surface area contributed by atoms with Crippen LogP contribution in [0.3, 0.4) is 0 Å². The van der Waals surface area contributed by atoms with Crippen LogP contribution in [0.15, 0.2) is 52.4 Å². The molecule has 0 unspecified atom stereocenters. The molecule has 1 aromatic heterocycles. The minimum Gasteiger partial charge on any atom is -0.383 e. The highest BCUT2D eigenvalue weighted by Gasteiger charge is 2.14. The molecule has 1 heterocycles. The van der Waals surface area contributed by atoms with E-state index < -0.39 is 0 Å². The largest absolute Gasteiger partial charge is 0.383 e. The van der Waals surface area contributed by atoms with Crippen LogP contribution in [0.4, 0.5) is 5.69 Å². The number of carbonyl (C=O) groups is 1. The summed E-state index contributed by atoms with van der Waals surface area (Å²) in [6, 6.07) is 12.7. The highest BCUT2D eigenvalue weighted by atomic mass is 35.5. The normalized spacial score (nSPS) is 11.0. The Labute approximate surface area is 178 Å². The first-order chi connectivity index (χ1) is 14.0. The fourth-order valence-corrected chi connectivity index (χ4v) is 3.81. The molecule has 0 atom stereocenters. The van der Waals surface area contributed by atoms with Crippen molar-refractivity contribution in [3.63, 3.8) is 0 Å². The molecule has 29 heavy (non-hydrogen) atoms. The number of nitrogens with zero attached hydrogens (tertiary/aromatic N) is 2. The average molecular weight is 432 g/mol.